The molecule has 0 radical (unpaired) electrons. The van der Waals surface area contributed by atoms with Gasteiger partial charge in [0.15, 0.2) is 0 Å². The van der Waals surface area contributed by atoms with Gasteiger partial charge in [0.25, 0.3) is 0 Å². The molecule has 0 amide bonds. The maximum atomic E-state index is 4.12. The average Bonchev–Trinajstić information content (AvgIpc) is 2.40. The van der Waals surface area contributed by atoms with Gasteiger partial charge >= 0.3 is 0 Å². The lowest BCUT2D eigenvalue weighted by Gasteiger charge is -2.03. The van der Waals surface area contributed by atoms with Gasteiger partial charge in [-0.2, -0.15) is 0 Å². The second-order valence-corrected chi connectivity index (χ2v) is 5.09. The number of aryl methyl sites for hydroxylation is 1. The molecule has 1 aromatic heterocycles. The Bertz CT molecular complexity index is 436. The topological polar surface area (TPSA) is 12.9 Å². The Hall–Kier alpha value is -1.28. The van der Waals surface area contributed by atoms with Crippen molar-refractivity contribution in [3.8, 4) is 0 Å². The van der Waals surface area contributed by atoms with Crippen LogP contribution in [0.4, 0.5) is 0 Å². The Morgan fingerprint density at radius 1 is 1.06 bits per heavy atom. The summed E-state index contributed by atoms with van der Waals surface area (Å²) in [7, 11) is 0. The largest absolute Gasteiger partial charge is 0.264 e. The molecule has 1 heterocycles. The standard InChI is InChI=1S/C15H17NS/c1-2-4-13-6-8-15(9-7-13)17-12-14-5-3-10-16-11-14/h3,5-11H,2,4,12H2,1H3. The molecule has 1 nitrogen and oxygen atoms in total. The first-order valence-electron chi connectivity index (χ1n) is 5.99. The summed E-state index contributed by atoms with van der Waals surface area (Å²) in [5.74, 6) is 0.987. The van der Waals surface area contributed by atoms with Crippen molar-refractivity contribution < 1.29 is 0 Å². The van der Waals surface area contributed by atoms with Gasteiger partial charge in [-0.25, -0.2) is 0 Å². The summed E-state index contributed by atoms with van der Waals surface area (Å²) in [5, 5.41) is 0. The first-order valence-corrected chi connectivity index (χ1v) is 6.97. The van der Waals surface area contributed by atoms with Crippen molar-refractivity contribution in [2.45, 2.75) is 30.4 Å². The van der Waals surface area contributed by atoms with E-state index in [1.165, 1.54) is 28.9 Å². The number of rotatable bonds is 5. The highest BCUT2D eigenvalue weighted by molar-refractivity contribution is 7.98. The minimum atomic E-state index is 0.987. The van der Waals surface area contributed by atoms with Gasteiger partial charge < -0.3 is 0 Å². The summed E-state index contributed by atoms with van der Waals surface area (Å²) in [6.07, 6.45) is 6.13. The van der Waals surface area contributed by atoms with Gasteiger partial charge in [0.1, 0.15) is 0 Å². The fourth-order valence-corrected chi connectivity index (χ4v) is 2.52. The first kappa shape index (κ1) is 12.2. The molecule has 0 aliphatic rings. The van der Waals surface area contributed by atoms with Gasteiger partial charge in [-0.05, 0) is 35.7 Å². The third-order valence-corrected chi connectivity index (χ3v) is 3.67. The molecule has 0 unspecified atom stereocenters. The molecule has 2 aromatic rings. The Kier molecular flexibility index (Phi) is 4.63. The molecule has 2 rings (SSSR count). The molecule has 0 spiro atoms. The van der Waals surface area contributed by atoms with Gasteiger partial charge in [0.05, 0.1) is 0 Å². The van der Waals surface area contributed by atoms with Crippen LogP contribution in [0.2, 0.25) is 0 Å². The van der Waals surface area contributed by atoms with E-state index in [0.717, 1.165) is 5.75 Å². The predicted molar refractivity (Wildman–Crippen MR) is 74.2 cm³/mol. The summed E-state index contributed by atoms with van der Waals surface area (Å²) >= 11 is 1.86. The highest BCUT2D eigenvalue weighted by Crippen LogP contribution is 2.22. The van der Waals surface area contributed by atoms with Crippen molar-refractivity contribution >= 4 is 11.8 Å². The van der Waals surface area contributed by atoms with Crippen LogP contribution in [-0.4, -0.2) is 4.98 Å². The van der Waals surface area contributed by atoms with E-state index in [0.29, 0.717) is 0 Å². The Morgan fingerprint density at radius 2 is 1.88 bits per heavy atom. The molecule has 0 N–H and O–H groups in total. The fourth-order valence-electron chi connectivity index (χ4n) is 1.69. The van der Waals surface area contributed by atoms with E-state index in [4.69, 9.17) is 0 Å². The highest BCUT2D eigenvalue weighted by Gasteiger charge is 1.97. The number of benzene rings is 1. The molecule has 2 heteroatoms. The van der Waals surface area contributed by atoms with Crippen LogP contribution in [0.25, 0.3) is 0 Å². The van der Waals surface area contributed by atoms with Crippen LogP contribution in [0.1, 0.15) is 24.5 Å². The lowest BCUT2D eigenvalue weighted by Crippen LogP contribution is -1.84. The first-order chi connectivity index (χ1) is 8.38. The summed E-state index contributed by atoms with van der Waals surface area (Å²) in [6, 6.07) is 13.0. The number of thioether (sulfide) groups is 1. The molecule has 0 saturated heterocycles. The van der Waals surface area contributed by atoms with Crippen LogP contribution in [0, 0.1) is 0 Å². The van der Waals surface area contributed by atoms with E-state index in [2.05, 4.69) is 42.2 Å². The van der Waals surface area contributed by atoms with E-state index >= 15 is 0 Å². The molecular formula is C15H17NS. The van der Waals surface area contributed by atoms with E-state index in [1.807, 2.05) is 30.2 Å². The average molecular weight is 243 g/mol. The van der Waals surface area contributed by atoms with Crippen molar-refractivity contribution in [1.82, 2.24) is 4.98 Å². The van der Waals surface area contributed by atoms with Crippen LogP contribution >= 0.6 is 11.8 Å². The Labute approximate surface area is 107 Å². The molecule has 0 aliphatic carbocycles. The zero-order valence-electron chi connectivity index (χ0n) is 10.1. The minimum absolute atomic E-state index is 0.987. The molecular weight excluding hydrogens is 226 g/mol. The molecule has 0 aliphatic heterocycles. The van der Waals surface area contributed by atoms with Gasteiger partial charge in [0, 0.05) is 23.0 Å². The van der Waals surface area contributed by atoms with E-state index < -0.39 is 0 Å². The van der Waals surface area contributed by atoms with Crippen molar-refractivity contribution in [2.75, 3.05) is 0 Å². The normalized spacial score (nSPS) is 10.4. The van der Waals surface area contributed by atoms with Crippen molar-refractivity contribution in [3.05, 3.63) is 59.9 Å². The lowest BCUT2D eigenvalue weighted by atomic mass is 10.1. The van der Waals surface area contributed by atoms with Gasteiger partial charge in [-0.3, -0.25) is 4.98 Å². The predicted octanol–water partition coefficient (Wildman–Crippen LogP) is 4.33. The quantitative estimate of drug-likeness (QED) is 0.725. The van der Waals surface area contributed by atoms with Gasteiger partial charge in [-0.15, -0.1) is 11.8 Å². The van der Waals surface area contributed by atoms with Crippen molar-refractivity contribution in [2.24, 2.45) is 0 Å². The summed E-state index contributed by atoms with van der Waals surface area (Å²) in [5.41, 5.74) is 2.70. The maximum absolute atomic E-state index is 4.12. The second kappa shape index (κ2) is 6.45. The number of nitrogens with zero attached hydrogens (tertiary/aromatic N) is 1. The summed E-state index contributed by atoms with van der Waals surface area (Å²) < 4.78 is 0. The van der Waals surface area contributed by atoms with Crippen LogP contribution < -0.4 is 0 Å². The third-order valence-electron chi connectivity index (χ3n) is 2.59. The SMILES string of the molecule is CCCc1ccc(SCc2cccnc2)cc1. The van der Waals surface area contributed by atoms with Crippen molar-refractivity contribution in [3.63, 3.8) is 0 Å². The third kappa shape index (κ3) is 3.90. The minimum Gasteiger partial charge on any atom is -0.264 e. The smallest absolute Gasteiger partial charge is 0.0308 e. The zero-order valence-corrected chi connectivity index (χ0v) is 10.9. The maximum Gasteiger partial charge on any atom is 0.0308 e. The van der Waals surface area contributed by atoms with Gasteiger partial charge in [-0.1, -0.05) is 31.5 Å². The van der Waals surface area contributed by atoms with Crippen molar-refractivity contribution in [1.29, 1.82) is 0 Å². The van der Waals surface area contributed by atoms with Crippen LogP contribution in [0.15, 0.2) is 53.7 Å². The number of hydrogen-bond acceptors (Lipinski definition) is 2. The Balaban J connectivity index is 1.91. The molecule has 0 bridgehead atoms. The summed E-state index contributed by atoms with van der Waals surface area (Å²) in [4.78, 5) is 5.45. The highest BCUT2D eigenvalue weighted by atomic mass is 32.2. The van der Waals surface area contributed by atoms with E-state index in [1.54, 1.807) is 0 Å². The fraction of sp³-hybridized carbons (Fsp3) is 0.267. The van der Waals surface area contributed by atoms with Crippen LogP contribution in [0.5, 0.6) is 0 Å². The van der Waals surface area contributed by atoms with E-state index in [-0.39, 0.29) is 0 Å². The molecule has 17 heavy (non-hydrogen) atoms. The number of pyridine rings is 1. The summed E-state index contributed by atoms with van der Waals surface area (Å²) in [6.45, 7) is 2.21. The number of hydrogen-bond donors (Lipinski definition) is 0. The van der Waals surface area contributed by atoms with Gasteiger partial charge in [0.2, 0.25) is 0 Å². The zero-order chi connectivity index (χ0) is 11.9. The molecule has 88 valence electrons. The monoisotopic (exact) mass is 243 g/mol. The number of aromatic nitrogens is 1. The molecule has 0 saturated carbocycles. The molecule has 0 atom stereocenters. The Morgan fingerprint density at radius 3 is 2.53 bits per heavy atom. The second-order valence-electron chi connectivity index (χ2n) is 4.04. The van der Waals surface area contributed by atoms with E-state index in [9.17, 15) is 0 Å². The lowest BCUT2D eigenvalue weighted by molar-refractivity contribution is 0.920. The van der Waals surface area contributed by atoms with Crippen LogP contribution in [0.3, 0.4) is 0 Å². The molecule has 1 aromatic carbocycles. The molecule has 0 fully saturated rings. The van der Waals surface area contributed by atoms with Crippen LogP contribution in [-0.2, 0) is 12.2 Å².